The highest BCUT2D eigenvalue weighted by atomic mass is 32.2. The molecule has 2 heterocycles. The highest BCUT2D eigenvalue weighted by molar-refractivity contribution is 7.94. The molecule has 2 rings (SSSR count). The van der Waals surface area contributed by atoms with Gasteiger partial charge < -0.3 is 5.32 Å². The van der Waals surface area contributed by atoms with Crippen LogP contribution in [0.1, 0.15) is 23.5 Å². The van der Waals surface area contributed by atoms with Crippen LogP contribution in [0.5, 0.6) is 0 Å². The molecule has 0 spiro atoms. The van der Waals surface area contributed by atoms with Crippen LogP contribution in [0.3, 0.4) is 0 Å². The molecule has 1 unspecified atom stereocenters. The van der Waals surface area contributed by atoms with Crippen molar-refractivity contribution in [1.29, 1.82) is 0 Å². The van der Waals surface area contributed by atoms with Crippen molar-refractivity contribution in [3.8, 4) is 0 Å². The van der Waals surface area contributed by atoms with Crippen molar-refractivity contribution < 1.29 is 8.42 Å². The van der Waals surface area contributed by atoms with E-state index in [2.05, 4.69) is 15.0 Å². The molecular weight excluding hydrogens is 302 g/mol. The summed E-state index contributed by atoms with van der Waals surface area (Å²) in [5.41, 5.74) is 0.826. The summed E-state index contributed by atoms with van der Waals surface area (Å²) >= 11 is 2.53. The van der Waals surface area contributed by atoms with Gasteiger partial charge in [0.05, 0.1) is 5.69 Å². The first-order valence-corrected chi connectivity index (χ1v) is 8.82. The number of aromatic nitrogens is 1. The minimum atomic E-state index is -3.52. The van der Waals surface area contributed by atoms with Gasteiger partial charge >= 0.3 is 0 Å². The molecule has 19 heavy (non-hydrogen) atoms. The Hall–Kier alpha value is -0.960. The molecule has 2 aromatic rings. The number of thiazole rings is 1. The van der Waals surface area contributed by atoms with Crippen LogP contribution in [-0.2, 0) is 10.0 Å². The highest BCUT2D eigenvalue weighted by Crippen LogP contribution is 2.26. The molecule has 0 aromatic carbocycles. The Balaban J connectivity index is 2.19. The average Bonchev–Trinajstić information content (AvgIpc) is 2.97. The Morgan fingerprint density at radius 3 is 2.68 bits per heavy atom. The van der Waals surface area contributed by atoms with Crippen LogP contribution in [0.25, 0.3) is 0 Å². The Labute approximate surface area is 120 Å². The third-order valence-corrected chi connectivity index (χ3v) is 6.34. The Kier molecular flexibility index (Phi) is 4.24. The van der Waals surface area contributed by atoms with Gasteiger partial charge in [0, 0.05) is 16.3 Å². The summed E-state index contributed by atoms with van der Waals surface area (Å²) in [5, 5.41) is 5.30. The van der Waals surface area contributed by atoms with Gasteiger partial charge in [-0.15, -0.1) is 22.7 Å². The molecule has 0 saturated carbocycles. The summed E-state index contributed by atoms with van der Waals surface area (Å²) in [6.45, 7) is 3.84. The van der Waals surface area contributed by atoms with Gasteiger partial charge in [-0.1, -0.05) is 0 Å². The summed E-state index contributed by atoms with van der Waals surface area (Å²) in [6, 6.07) is 3.49. The number of aryl methyl sites for hydroxylation is 1. The van der Waals surface area contributed by atoms with Crippen LogP contribution in [0.4, 0.5) is 5.13 Å². The number of anilines is 1. The lowest BCUT2D eigenvalue weighted by molar-refractivity contribution is 0.603. The first kappa shape index (κ1) is 14.4. The predicted molar refractivity (Wildman–Crippen MR) is 79.5 cm³/mol. The van der Waals surface area contributed by atoms with Crippen molar-refractivity contribution >= 4 is 37.8 Å². The summed E-state index contributed by atoms with van der Waals surface area (Å²) in [4.78, 5) is 5.23. The van der Waals surface area contributed by atoms with E-state index >= 15 is 0 Å². The molecule has 1 atom stereocenters. The van der Waals surface area contributed by atoms with Gasteiger partial charge in [-0.25, -0.2) is 13.4 Å². The van der Waals surface area contributed by atoms with Gasteiger partial charge in [-0.3, -0.25) is 4.72 Å². The predicted octanol–water partition coefficient (Wildman–Crippen LogP) is 2.59. The number of thiophene rings is 1. The van der Waals surface area contributed by atoms with Crippen molar-refractivity contribution in [3.05, 3.63) is 28.1 Å². The summed E-state index contributed by atoms with van der Waals surface area (Å²) < 4.78 is 27.0. The molecular formula is C11H15N3O2S3. The van der Waals surface area contributed by atoms with Gasteiger partial charge in [-0.05, 0) is 33.0 Å². The fourth-order valence-corrected chi connectivity index (χ4v) is 4.74. The largest absolute Gasteiger partial charge is 0.312 e. The van der Waals surface area contributed by atoms with E-state index in [4.69, 9.17) is 0 Å². The van der Waals surface area contributed by atoms with E-state index in [1.807, 2.05) is 26.3 Å². The zero-order chi connectivity index (χ0) is 14.0. The van der Waals surface area contributed by atoms with Gasteiger partial charge in [0.25, 0.3) is 10.0 Å². The van der Waals surface area contributed by atoms with Crippen molar-refractivity contribution in [2.24, 2.45) is 0 Å². The second kappa shape index (κ2) is 5.58. The third kappa shape index (κ3) is 3.33. The van der Waals surface area contributed by atoms with E-state index in [-0.39, 0.29) is 6.04 Å². The van der Waals surface area contributed by atoms with Crippen LogP contribution >= 0.6 is 22.7 Å². The topological polar surface area (TPSA) is 71.1 Å². The lowest BCUT2D eigenvalue weighted by atomic mass is 10.3. The van der Waals surface area contributed by atoms with Crippen molar-refractivity contribution in [1.82, 2.24) is 10.3 Å². The maximum absolute atomic E-state index is 12.1. The molecule has 0 fully saturated rings. The SMILES string of the molecule is CNC(C)c1csc(NS(=O)(=O)c2ccc(C)s2)n1. The van der Waals surface area contributed by atoms with E-state index in [9.17, 15) is 8.42 Å². The van der Waals surface area contributed by atoms with Gasteiger partial charge in [0.2, 0.25) is 0 Å². The average molecular weight is 317 g/mol. The zero-order valence-corrected chi connectivity index (χ0v) is 13.2. The van der Waals surface area contributed by atoms with Crippen LogP contribution in [-0.4, -0.2) is 20.4 Å². The molecule has 0 bridgehead atoms. The molecule has 2 aromatic heterocycles. The first-order valence-electron chi connectivity index (χ1n) is 5.64. The smallest absolute Gasteiger partial charge is 0.273 e. The lowest BCUT2D eigenvalue weighted by Gasteiger charge is -2.05. The van der Waals surface area contributed by atoms with E-state index in [0.717, 1.165) is 10.6 Å². The molecule has 104 valence electrons. The van der Waals surface area contributed by atoms with E-state index in [1.165, 1.54) is 22.7 Å². The van der Waals surface area contributed by atoms with Gasteiger partial charge in [-0.2, -0.15) is 0 Å². The molecule has 5 nitrogen and oxygen atoms in total. The standard InChI is InChI=1S/C11H15N3O2S3/c1-7-4-5-10(18-7)19(15,16)14-11-13-9(6-17-11)8(2)12-3/h4-6,8,12H,1-3H3,(H,13,14). The molecule has 0 amide bonds. The molecule has 0 aliphatic rings. The van der Waals surface area contributed by atoms with Gasteiger partial charge in [0.15, 0.2) is 5.13 Å². The van der Waals surface area contributed by atoms with Gasteiger partial charge in [0.1, 0.15) is 4.21 Å². The Bertz CT molecular complexity index is 660. The molecule has 0 saturated heterocycles. The van der Waals surface area contributed by atoms with Crippen molar-refractivity contribution in [3.63, 3.8) is 0 Å². The molecule has 0 radical (unpaired) electrons. The minimum absolute atomic E-state index is 0.0958. The van der Waals surface area contributed by atoms with Crippen molar-refractivity contribution in [2.45, 2.75) is 24.1 Å². The fraction of sp³-hybridized carbons (Fsp3) is 0.364. The Morgan fingerprint density at radius 1 is 1.37 bits per heavy atom. The fourth-order valence-electron chi connectivity index (χ4n) is 1.40. The maximum Gasteiger partial charge on any atom is 0.273 e. The monoisotopic (exact) mass is 317 g/mol. The normalized spacial score (nSPS) is 13.4. The Morgan fingerprint density at radius 2 is 2.11 bits per heavy atom. The first-order chi connectivity index (χ1) is 8.92. The summed E-state index contributed by atoms with van der Waals surface area (Å²) in [7, 11) is -1.68. The number of hydrogen-bond donors (Lipinski definition) is 2. The molecule has 0 aliphatic carbocycles. The number of nitrogens with one attached hydrogen (secondary N) is 2. The minimum Gasteiger partial charge on any atom is -0.312 e. The molecule has 2 N–H and O–H groups in total. The second-order valence-corrected chi connectivity index (χ2v) is 8.11. The number of rotatable bonds is 5. The van der Waals surface area contributed by atoms with Crippen LogP contribution in [0.2, 0.25) is 0 Å². The highest BCUT2D eigenvalue weighted by Gasteiger charge is 2.18. The number of sulfonamides is 1. The summed E-state index contributed by atoms with van der Waals surface area (Å²) in [6.07, 6.45) is 0. The maximum atomic E-state index is 12.1. The quantitative estimate of drug-likeness (QED) is 0.889. The van der Waals surface area contributed by atoms with E-state index < -0.39 is 10.0 Å². The zero-order valence-electron chi connectivity index (χ0n) is 10.8. The van der Waals surface area contributed by atoms with Crippen LogP contribution in [0, 0.1) is 6.92 Å². The third-order valence-electron chi connectivity index (χ3n) is 2.60. The van der Waals surface area contributed by atoms with Crippen LogP contribution in [0.15, 0.2) is 21.7 Å². The summed E-state index contributed by atoms with van der Waals surface area (Å²) in [5.74, 6) is 0. The van der Waals surface area contributed by atoms with E-state index in [0.29, 0.717) is 9.34 Å². The van der Waals surface area contributed by atoms with Crippen molar-refractivity contribution in [2.75, 3.05) is 11.8 Å². The lowest BCUT2D eigenvalue weighted by Crippen LogP contribution is -2.14. The number of nitrogens with zero attached hydrogens (tertiary/aromatic N) is 1. The molecule has 0 aliphatic heterocycles. The second-order valence-electron chi connectivity index (χ2n) is 4.06. The molecule has 8 heteroatoms. The van der Waals surface area contributed by atoms with Crippen LogP contribution < -0.4 is 10.0 Å². The number of hydrogen-bond acceptors (Lipinski definition) is 6. The van der Waals surface area contributed by atoms with E-state index in [1.54, 1.807) is 12.1 Å².